The molecule has 3 atom stereocenters. The van der Waals surface area contributed by atoms with Crippen LogP contribution in [-0.4, -0.2) is 73.2 Å². The SMILES string of the molecule is COc1cccc(OC)c1-n1c(NS(=O)(=O)[C@@H](C)[C@H](C)c2ncc(C)cn2)nnc1[C@H]1CCCS(O)(O)C1. The Bertz CT molecular complexity index is 1360. The number of aryl methyl sites for hydroxylation is 1. The molecule has 4 rings (SSSR count). The van der Waals surface area contributed by atoms with Gasteiger partial charge in [-0.05, 0) is 44.4 Å². The van der Waals surface area contributed by atoms with Gasteiger partial charge in [-0.25, -0.2) is 18.4 Å². The Morgan fingerprint density at radius 1 is 1.11 bits per heavy atom. The minimum Gasteiger partial charge on any atom is -0.494 e. The number of aromatic nitrogens is 5. The van der Waals surface area contributed by atoms with Crippen LogP contribution in [0, 0.1) is 6.92 Å². The number of benzene rings is 1. The molecule has 208 valence electrons. The molecule has 14 heteroatoms. The molecule has 3 N–H and O–H groups in total. The molecule has 1 aliphatic heterocycles. The van der Waals surface area contributed by atoms with Crippen LogP contribution in [0.2, 0.25) is 0 Å². The summed E-state index contributed by atoms with van der Waals surface area (Å²) in [7, 11) is -3.81. The third kappa shape index (κ3) is 5.72. The lowest BCUT2D eigenvalue weighted by molar-refractivity contribution is 0.390. The summed E-state index contributed by atoms with van der Waals surface area (Å²) in [5.74, 6) is 1.09. The highest BCUT2D eigenvalue weighted by atomic mass is 32.3. The van der Waals surface area contributed by atoms with Gasteiger partial charge in [-0.15, -0.1) is 10.2 Å². The molecule has 2 aromatic heterocycles. The fraction of sp³-hybridized carbons (Fsp3) is 0.500. The third-order valence-electron chi connectivity index (χ3n) is 6.81. The van der Waals surface area contributed by atoms with Gasteiger partial charge in [-0.2, -0.15) is 10.6 Å². The highest BCUT2D eigenvalue weighted by molar-refractivity contribution is 8.24. The Morgan fingerprint density at radius 3 is 2.32 bits per heavy atom. The summed E-state index contributed by atoms with van der Waals surface area (Å²) >= 11 is 0. The topological polar surface area (TPSA) is 162 Å². The number of nitrogens with one attached hydrogen (secondary N) is 1. The molecule has 0 aliphatic carbocycles. The molecule has 1 aromatic carbocycles. The van der Waals surface area contributed by atoms with Crippen molar-refractivity contribution in [2.75, 3.05) is 30.4 Å². The summed E-state index contributed by atoms with van der Waals surface area (Å²) < 4.78 is 63.3. The van der Waals surface area contributed by atoms with E-state index in [4.69, 9.17) is 9.47 Å². The number of anilines is 1. The summed E-state index contributed by atoms with van der Waals surface area (Å²) in [6.45, 7) is 5.19. The maximum absolute atomic E-state index is 13.6. The first kappa shape index (κ1) is 28.1. The number of ether oxygens (including phenoxy) is 2. The standard InChI is InChI=1S/C24H34N6O6S2/c1-15-12-25-22(26-13-15)16(2)17(3)38(33,34)29-24-28-27-23(18-8-7-11-37(31,32)14-18)30(24)21-19(35-4)9-6-10-20(21)36-5/h6,9-10,12-13,16-18,31-32H,7-8,11,14H2,1-5H3,(H,28,29)/t16-,17-,18-/m0/s1. The Balaban J connectivity index is 1.79. The molecule has 0 saturated carbocycles. The van der Waals surface area contributed by atoms with E-state index < -0.39 is 31.8 Å². The largest absolute Gasteiger partial charge is 0.494 e. The van der Waals surface area contributed by atoms with E-state index in [1.807, 2.05) is 6.92 Å². The van der Waals surface area contributed by atoms with E-state index in [0.717, 1.165) is 5.56 Å². The van der Waals surface area contributed by atoms with Crippen molar-refractivity contribution in [1.82, 2.24) is 24.7 Å². The maximum Gasteiger partial charge on any atom is 0.243 e. The molecule has 0 unspecified atom stereocenters. The van der Waals surface area contributed by atoms with Crippen LogP contribution in [0.5, 0.6) is 11.5 Å². The highest BCUT2D eigenvalue weighted by Gasteiger charge is 2.35. The average molecular weight is 567 g/mol. The number of para-hydroxylation sites is 1. The molecule has 0 bridgehead atoms. The first-order valence-electron chi connectivity index (χ1n) is 12.2. The molecule has 1 fully saturated rings. The lowest BCUT2D eigenvalue weighted by atomic mass is 10.0. The zero-order valence-corrected chi connectivity index (χ0v) is 23.7. The summed E-state index contributed by atoms with van der Waals surface area (Å²) in [6, 6.07) is 5.18. The molecule has 3 aromatic rings. The van der Waals surface area contributed by atoms with Crippen molar-refractivity contribution in [3.63, 3.8) is 0 Å². The Labute approximate surface area is 224 Å². The van der Waals surface area contributed by atoms with Gasteiger partial charge in [0, 0.05) is 35.7 Å². The first-order valence-corrected chi connectivity index (χ1v) is 15.6. The van der Waals surface area contributed by atoms with E-state index in [0.29, 0.717) is 47.4 Å². The van der Waals surface area contributed by atoms with Crippen molar-refractivity contribution in [1.29, 1.82) is 0 Å². The summed E-state index contributed by atoms with van der Waals surface area (Å²) in [6.07, 6.45) is 4.53. The predicted octanol–water partition coefficient (Wildman–Crippen LogP) is 3.94. The minimum absolute atomic E-state index is 0.0614. The molecular weight excluding hydrogens is 532 g/mol. The van der Waals surface area contributed by atoms with Crippen molar-refractivity contribution in [2.24, 2.45) is 0 Å². The van der Waals surface area contributed by atoms with E-state index in [2.05, 4.69) is 24.9 Å². The fourth-order valence-corrected chi connectivity index (χ4v) is 7.48. The molecular formula is C24H34N6O6S2. The molecule has 3 heterocycles. The predicted molar refractivity (Wildman–Crippen MR) is 146 cm³/mol. The van der Waals surface area contributed by atoms with Gasteiger partial charge in [0.25, 0.3) is 0 Å². The van der Waals surface area contributed by atoms with Gasteiger partial charge < -0.3 is 9.47 Å². The fourth-order valence-electron chi connectivity index (χ4n) is 4.49. The lowest BCUT2D eigenvalue weighted by Gasteiger charge is -2.39. The van der Waals surface area contributed by atoms with Crippen molar-refractivity contribution in [2.45, 2.75) is 50.7 Å². The normalized spacial score (nSPS) is 19.8. The molecule has 12 nitrogen and oxygen atoms in total. The Kier molecular flexibility index (Phi) is 8.16. The quantitative estimate of drug-likeness (QED) is 0.346. The molecule has 0 radical (unpaired) electrons. The van der Waals surface area contributed by atoms with Gasteiger partial charge in [0.1, 0.15) is 28.8 Å². The number of rotatable bonds is 9. The van der Waals surface area contributed by atoms with Gasteiger partial charge in [-0.3, -0.25) is 18.4 Å². The number of methoxy groups -OCH3 is 2. The summed E-state index contributed by atoms with van der Waals surface area (Å²) in [5.41, 5.74) is 1.28. The monoisotopic (exact) mass is 566 g/mol. The second kappa shape index (κ2) is 11.0. The molecule has 0 spiro atoms. The van der Waals surface area contributed by atoms with Crippen molar-refractivity contribution >= 4 is 26.6 Å². The van der Waals surface area contributed by atoms with Crippen molar-refractivity contribution in [3.05, 3.63) is 47.8 Å². The average Bonchev–Trinajstić information content (AvgIpc) is 3.29. The van der Waals surface area contributed by atoms with Crippen LogP contribution < -0.4 is 14.2 Å². The number of hydrogen-bond donors (Lipinski definition) is 3. The van der Waals surface area contributed by atoms with Crippen molar-refractivity contribution < 1.29 is 27.0 Å². The van der Waals surface area contributed by atoms with E-state index >= 15 is 0 Å². The van der Waals surface area contributed by atoms with Gasteiger partial charge in [0.15, 0.2) is 0 Å². The van der Waals surface area contributed by atoms with Crippen LogP contribution in [0.3, 0.4) is 0 Å². The van der Waals surface area contributed by atoms with E-state index in [-0.39, 0.29) is 17.6 Å². The van der Waals surface area contributed by atoms with Crippen LogP contribution in [-0.2, 0) is 10.0 Å². The Hall–Kier alpha value is -2.94. The number of hydrogen-bond acceptors (Lipinski definition) is 10. The van der Waals surface area contributed by atoms with Gasteiger partial charge in [0.2, 0.25) is 16.0 Å². The van der Waals surface area contributed by atoms with E-state index in [9.17, 15) is 17.5 Å². The molecule has 1 saturated heterocycles. The van der Waals surface area contributed by atoms with Crippen molar-refractivity contribution in [3.8, 4) is 17.2 Å². The van der Waals surface area contributed by atoms with Crippen LogP contribution in [0.4, 0.5) is 5.95 Å². The zero-order valence-electron chi connectivity index (χ0n) is 22.0. The van der Waals surface area contributed by atoms with Crippen LogP contribution in [0.1, 0.15) is 55.7 Å². The van der Waals surface area contributed by atoms with Crippen LogP contribution in [0.25, 0.3) is 5.69 Å². The summed E-state index contributed by atoms with van der Waals surface area (Å²) in [5, 5.41) is 7.62. The van der Waals surface area contributed by atoms with Crippen LogP contribution in [0.15, 0.2) is 30.6 Å². The van der Waals surface area contributed by atoms with E-state index in [1.165, 1.54) is 14.2 Å². The lowest BCUT2D eigenvalue weighted by Crippen LogP contribution is -2.32. The minimum atomic E-state index is -4.01. The second-order valence-corrected chi connectivity index (χ2v) is 13.9. The zero-order chi connectivity index (χ0) is 27.7. The summed E-state index contributed by atoms with van der Waals surface area (Å²) in [4.78, 5) is 8.59. The smallest absolute Gasteiger partial charge is 0.243 e. The van der Waals surface area contributed by atoms with Gasteiger partial charge in [-0.1, -0.05) is 13.0 Å². The van der Waals surface area contributed by atoms with Gasteiger partial charge in [0.05, 0.1) is 19.5 Å². The molecule has 1 aliphatic rings. The number of sulfonamides is 1. The molecule has 0 amide bonds. The maximum atomic E-state index is 13.6. The van der Waals surface area contributed by atoms with Gasteiger partial charge >= 0.3 is 0 Å². The number of nitrogens with zero attached hydrogens (tertiary/aromatic N) is 5. The van der Waals surface area contributed by atoms with Crippen LogP contribution >= 0.6 is 10.6 Å². The highest BCUT2D eigenvalue weighted by Crippen LogP contribution is 2.50. The molecule has 38 heavy (non-hydrogen) atoms. The van der Waals surface area contributed by atoms with E-state index in [1.54, 1.807) is 49.0 Å². The second-order valence-electron chi connectivity index (χ2n) is 9.50. The first-order chi connectivity index (χ1) is 18.0. The third-order valence-corrected chi connectivity index (χ3v) is 10.5. The Morgan fingerprint density at radius 2 is 1.74 bits per heavy atom.